The molecule has 1 aliphatic heterocycles. The Morgan fingerprint density at radius 3 is 1.57 bits per heavy atom. The van der Waals surface area contributed by atoms with Gasteiger partial charge in [0, 0.05) is 31.3 Å². The van der Waals surface area contributed by atoms with Gasteiger partial charge in [0.05, 0.1) is 12.2 Å². The molecule has 0 amide bonds. The summed E-state index contributed by atoms with van der Waals surface area (Å²) in [6, 6.07) is 0. The summed E-state index contributed by atoms with van der Waals surface area (Å²) in [7, 11) is 0. The van der Waals surface area contributed by atoms with Crippen molar-refractivity contribution in [2.75, 3.05) is 31.3 Å². The van der Waals surface area contributed by atoms with E-state index in [1.807, 2.05) is 11.8 Å². The van der Waals surface area contributed by atoms with Gasteiger partial charge in [-0.25, -0.2) is 0 Å². The van der Waals surface area contributed by atoms with E-state index in [0.717, 1.165) is 50.6 Å². The summed E-state index contributed by atoms with van der Waals surface area (Å²) in [4.78, 5) is 0. The van der Waals surface area contributed by atoms with Gasteiger partial charge >= 0.3 is 0 Å². The van der Waals surface area contributed by atoms with E-state index in [1.54, 1.807) is 0 Å². The molecule has 0 aliphatic carbocycles. The van der Waals surface area contributed by atoms with Crippen molar-refractivity contribution in [3.05, 3.63) is 0 Å². The Kier molecular flexibility index (Phi) is 11.7. The highest BCUT2D eigenvalue weighted by molar-refractivity contribution is 7.99. The largest absolute Gasteiger partial charge is 0.375 e. The van der Waals surface area contributed by atoms with Crippen LogP contribution in [0.2, 0.25) is 0 Å². The van der Waals surface area contributed by atoms with Crippen molar-refractivity contribution in [1.29, 1.82) is 0 Å². The van der Waals surface area contributed by atoms with Crippen LogP contribution in [-0.4, -0.2) is 49.6 Å². The minimum atomic E-state index is 0.117. The van der Waals surface area contributed by atoms with E-state index in [0.29, 0.717) is 0 Å². The topological polar surface area (TPSA) is 27.7 Å². The predicted molar refractivity (Wildman–Crippen MR) is 91.3 cm³/mol. The summed E-state index contributed by atoms with van der Waals surface area (Å²) in [5, 5.41) is 0. The number of thioether (sulfide) groups is 1. The van der Waals surface area contributed by atoms with E-state index < -0.39 is 0 Å². The second kappa shape index (κ2) is 12.7. The maximum atomic E-state index is 6.15. The van der Waals surface area contributed by atoms with Gasteiger partial charge in [-0.1, -0.05) is 40.0 Å². The predicted octanol–water partition coefficient (Wildman–Crippen LogP) is 4.29. The highest BCUT2D eigenvalue weighted by atomic mass is 32.2. The average molecular weight is 319 g/mol. The third-order valence-electron chi connectivity index (χ3n) is 3.76. The number of hydrogen-bond donors (Lipinski definition) is 0. The molecule has 21 heavy (non-hydrogen) atoms. The lowest BCUT2D eigenvalue weighted by Crippen LogP contribution is -2.49. The number of rotatable bonds is 12. The van der Waals surface area contributed by atoms with Crippen LogP contribution in [0.3, 0.4) is 0 Å². The second-order valence-electron chi connectivity index (χ2n) is 5.75. The lowest BCUT2D eigenvalue weighted by molar-refractivity contribution is -0.130. The van der Waals surface area contributed by atoms with Gasteiger partial charge in [0.2, 0.25) is 0 Å². The summed E-state index contributed by atoms with van der Waals surface area (Å²) in [6.07, 6.45) is 7.41. The van der Waals surface area contributed by atoms with Crippen molar-refractivity contribution in [3.63, 3.8) is 0 Å². The van der Waals surface area contributed by atoms with Crippen molar-refractivity contribution in [3.8, 4) is 0 Å². The quantitative estimate of drug-likeness (QED) is 0.502. The third-order valence-corrected chi connectivity index (χ3v) is 4.89. The lowest BCUT2D eigenvalue weighted by Gasteiger charge is -2.37. The van der Waals surface area contributed by atoms with Crippen LogP contribution in [0.5, 0.6) is 0 Å². The van der Waals surface area contributed by atoms with E-state index in [1.165, 1.54) is 19.3 Å². The Balaban J connectivity index is 2.47. The molecule has 1 fully saturated rings. The van der Waals surface area contributed by atoms with Crippen LogP contribution >= 0.6 is 11.8 Å². The third kappa shape index (κ3) is 7.87. The van der Waals surface area contributed by atoms with Crippen LogP contribution in [0.15, 0.2) is 0 Å². The van der Waals surface area contributed by atoms with Gasteiger partial charge in [0.1, 0.15) is 6.10 Å². The highest BCUT2D eigenvalue weighted by Gasteiger charge is 2.35. The van der Waals surface area contributed by atoms with Gasteiger partial charge in [0.15, 0.2) is 0 Å². The molecule has 0 aromatic rings. The SMILES string of the molecule is CCCCOC1[C@@H](OCCCC)CSC[C@H]1OCCCC. The molecule has 3 atom stereocenters. The Morgan fingerprint density at radius 2 is 1.14 bits per heavy atom. The van der Waals surface area contributed by atoms with Gasteiger partial charge in [-0.15, -0.1) is 0 Å². The molecule has 0 aromatic heterocycles. The lowest BCUT2D eigenvalue weighted by atomic mass is 10.1. The van der Waals surface area contributed by atoms with Gasteiger partial charge in [-0.2, -0.15) is 11.8 Å². The van der Waals surface area contributed by atoms with E-state index in [4.69, 9.17) is 14.2 Å². The van der Waals surface area contributed by atoms with Gasteiger partial charge in [-0.05, 0) is 19.3 Å². The first-order valence-corrected chi connectivity index (χ1v) is 9.91. The van der Waals surface area contributed by atoms with Gasteiger partial charge in [0.25, 0.3) is 0 Å². The molecule has 0 aromatic carbocycles. The molecular formula is C17H34O3S. The molecule has 0 radical (unpaired) electrons. The molecule has 1 unspecified atom stereocenters. The molecule has 1 rings (SSSR count). The van der Waals surface area contributed by atoms with Crippen molar-refractivity contribution in [2.24, 2.45) is 0 Å². The Labute approximate surface area is 135 Å². The van der Waals surface area contributed by atoms with Crippen molar-refractivity contribution >= 4 is 11.8 Å². The Hall–Kier alpha value is 0.230. The van der Waals surface area contributed by atoms with Crippen LogP contribution in [0.4, 0.5) is 0 Å². The molecule has 4 heteroatoms. The Bertz CT molecular complexity index is 220. The van der Waals surface area contributed by atoms with Gasteiger partial charge < -0.3 is 14.2 Å². The van der Waals surface area contributed by atoms with Crippen molar-refractivity contribution in [2.45, 2.75) is 77.6 Å². The van der Waals surface area contributed by atoms with E-state index in [2.05, 4.69) is 20.8 Å². The fourth-order valence-electron chi connectivity index (χ4n) is 2.35. The molecule has 1 saturated heterocycles. The fourth-order valence-corrected chi connectivity index (χ4v) is 3.52. The van der Waals surface area contributed by atoms with Gasteiger partial charge in [-0.3, -0.25) is 0 Å². The summed E-state index contributed by atoms with van der Waals surface area (Å²) in [5.41, 5.74) is 0. The maximum Gasteiger partial charge on any atom is 0.111 e. The molecule has 0 spiro atoms. The highest BCUT2D eigenvalue weighted by Crippen LogP contribution is 2.26. The first kappa shape index (κ1) is 19.3. The van der Waals surface area contributed by atoms with Crippen molar-refractivity contribution < 1.29 is 14.2 Å². The fraction of sp³-hybridized carbons (Fsp3) is 1.00. The minimum absolute atomic E-state index is 0.117. The number of ether oxygens (including phenoxy) is 3. The van der Waals surface area contributed by atoms with Crippen LogP contribution in [0.1, 0.15) is 59.3 Å². The first-order chi connectivity index (χ1) is 10.3. The molecule has 0 saturated carbocycles. The summed E-state index contributed by atoms with van der Waals surface area (Å²) < 4.78 is 18.3. The normalized spacial score (nSPS) is 26.1. The molecule has 126 valence electrons. The number of unbranched alkanes of at least 4 members (excludes halogenated alkanes) is 3. The van der Waals surface area contributed by atoms with E-state index in [9.17, 15) is 0 Å². The van der Waals surface area contributed by atoms with E-state index >= 15 is 0 Å². The summed E-state index contributed by atoms with van der Waals surface area (Å²) in [5.74, 6) is 2.07. The minimum Gasteiger partial charge on any atom is -0.375 e. The van der Waals surface area contributed by atoms with Crippen LogP contribution in [0, 0.1) is 0 Å². The Morgan fingerprint density at radius 1 is 0.714 bits per heavy atom. The molecule has 1 aliphatic rings. The second-order valence-corrected chi connectivity index (χ2v) is 6.83. The van der Waals surface area contributed by atoms with Crippen LogP contribution in [-0.2, 0) is 14.2 Å². The smallest absolute Gasteiger partial charge is 0.111 e. The molecule has 1 heterocycles. The maximum absolute atomic E-state index is 6.15. The van der Waals surface area contributed by atoms with Crippen LogP contribution < -0.4 is 0 Å². The molecular weight excluding hydrogens is 284 g/mol. The zero-order valence-electron chi connectivity index (χ0n) is 14.1. The van der Waals surface area contributed by atoms with E-state index in [-0.39, 0.29) is 18.3 Å². The molecule has 0 N–H and O–H groups in total. The number of hydrogen-bond acceptors (Lipinski definition) is 4. The monoisotopic (exact) mass is 318 g/mol. The molecule has 3 nitrogen and oxygen atoms in total. The summed E-state index contributed by atoms with van der Waals surface area (Å²) >= 11 is 1.94. The van der Waals surface area contributed by atoms with Crippen LogP contribution in [0.25, 0.3) is 0 Å². The summed E-state index contributed by atoms with van der Waals surface area (Å²) in [6.45, 7) is 9.11. The standard InChI is InChI=1S/C17H34O3S/c1-4-7-10-18-15-13-21-14-16(19-11-8-5-2)17(15)20-12-9-6-3/h15-17H,4-14H2,1-3H3/t15-,16+,17?. The first-order valence-electron chi connectivity index (χ1n) is 8.75. The van der Waals surface area contributed by atoms with Crippen molar-refractivity contribution in [1.82, 2.24) is 0 Å². The molecule has 0 bridgehead atoms. The zero-order chi connectivity index (χ0) is 15.3. The average Bonchev–Trinajstić information content (AvgIpc) is 2.50. The zero-order valence-corrected chi connectivity index (χ0v) is 15.0.